The van der Waals surface area contributed by atoms with Crippen LogP contribution in [0.1, 0.15) is 30.7 Å². The van der Waals surface area contributed by atoms with E-state index in [0.29, 0.717) is 29.7 Å². The van der Waals surface area contributed by atoms with Gasteiger partial charge < -0.3 is 15.4 Å². The Morgan fingerprint density at radius 3 is 3.05 bits per heavy atom. The second-order valence-electron chi connectivity index (χ2n) is 5.06. The van der Waals surface area contributed by atoms with Crippen LogP contribution in [0.4, 0.5) is 5.13 Å². The lowest BCUT2D eigenvalue weighted by Gasteiger charge is -2.43. The van der Waals surface area contributed by atoms with Crippen molar-refractivity contribution in [1.82, 2.24) is 15.1 Å². The van der Waals surface area contributed by atoms with E-state index in [-0.39, 0.29) is 18.1 Å². The third-order valence-corrected chi connectivity index (χ3v) is 4.59. The summed E-state index contributed by atoms with van der Waals surface area (Å²) >= 11 is 1.29. The average Bonchev–Trinajstić information content (AvgIpc) is 2.83. The molecule has 6 nitrogen and oxygen atoms in total. The number of anilines is 1. The minimum absolute atomic E-state index is 0.122. The Labute approximate surface area is 115 Å². The third-order valence-electron chi connectivity index (χ3n) is 3.84. The van der Waals surface area contributed by atoms with E-state index in [0.717, 1.165) is 12.8 Å². The Hall–Kier alpha value is -1.21. The van der Waals surface area contributed by atoms with Crippen LogP contribution in [0.15, 0.2) is 0 Å². The molecule has 1 saturated heterocycles. The second-order valence-corrected chi connectivity index (χ2v) is 6.15. The molecule has 1 amide bonds. The molecule has 0 unspecified atom stereocenters. The smallest absolute Gasteiger partial charge is 0.229 e. The fourth-order valence-electron chi connectivity index (χ4n) is 2.98. The number of hydrogen-bond donors (Lipinski definition) is 1. The minimum Gasteiger partial charge on any atom is -0.374 e. The standard InChI is InChI=1S/C12H18N4O2S/c13-12-15-14-10(19-12)7-11(17)16-5-6-18-9-4-2-1-3-8(9)16/h8-9H,1-7H2,(H2,13,15)/t8-,9-/m1/s1. The van der Waals surface area contributed by atoms with Gasteiger partial charge in [0.05, 0.1) is 25.2 Å². The molecule has 19 heavy (non-hydrogen) atoms. The first kappa shape index (κ1) is 12.8. The molecule has 0 aromatic carbocycles. The van der Waals surface area contributed by atoms with Gasteiger partial charge in [0.15, 0.2) is 0 Å². The van der Waals surface area contributed by atoms with Crippen LogP contribution in [0.25, 0.3) is 0 Å². The first-order chi connectivity index (χ1) is 9.24. The van der Waals surface area contributed by atoms with Crippen molar-refractivity contribution in [2.75, 3.05) is 18.9 Å². The lowest BCUT2D eigenvalue weighted by atomic mass is 9.90. The van der Waals surface area contributed by atoms with Crippen molar-refractivity contribution < 1.29 is 9.53 Å². The minimum atomic E-state index is 0.122. The fourth-order valence-corrected chi connectivity index (χ4v) is 3.58. The summed E-state index contributed by atoms with van der Waals surface area (Å²) in [6.45, 7) is 1.33. The summed E-state index contributed by atoms with van der Waals surface area (Å²) in [5.41, 5.74) is 5.54. The van der Waals surface area contributed by atoms with Gasteiger partial charge in [-0.25, -0.2) is 0 Å². The molecule has 2 heterocycles. The Morgan fingerprint density at radius 2 is 2.26 bits per heavy atom. The Morgan fingerprint density at radius 1 is 1.42 bits per heavy atom. The van der Waals surface area contributed by atoms with Crippen molar-refractivity contribution in [2.24, 2.45) is 0 Å². The zero-order valence-corrected chi connectivity index (χ0v) is 11.6. The quantitative estimate of drug-likeness (QED) is 0.869. The number of carbonyl (C=O) groups is 1. The van der Waals surface area contributed by atoms with Crippen LogP contribution in [-0.2, 0) is 16.0 Å². The van der Waals surface area contributed by atoms with Crippen LogP contribution in [0, 0.1) is 0 Å². The predicted molar refractivity (Wildman–Crippen MR) is 71.7 cm³/mol. The number of carbonyl (C=O) groups excluding carboxylic acids is 1. The number of fused-ring (bicyclic) bond motifs is 1. The lowest BCUT2D eigenvalue weighted by Crippen LogP contribution is -2.55. The third kappa shape index (κ3) is 2.71. The van der Waals surface area contributed by atoms with Gasteiger partial charge in [0.1, 0.15) is 5.01 Å². The number of nitrogens with two attached hydrogens (primary N) is 1. The number of morpholine rings is 1. The summed E-state index contributed by atoms with van der Waals surface area (Å²) in [4.78, 5) is 14.4. The van der Waals surface area contributed by atoms with Gasteiger partial charge in [-0.3, -0.25) is 4.79 Å². The van der Waals surface area contributed by atoms with E-state index in [4.69, 9.17) is 10.5 Å². The van der Waals surface area contributed by atoms with Gasteiger partial charge in [-0.2, -0.15) is 0 Å². The molecule has 1 aromatic rings. The van der Waals surface area contributed by atoms with Crippen LogP contribution in [0.5, 0.6) is 0 Å². The van der Waals surface area contributed by atoms with Gasteiger partial charge in [0.25, 0.3) is 0 Å². The van der Waals surface area contributed by atoms with E-state index in [9.17, 15) is 4.79 Å². The summed E-state index contributed by atoms with van der Waals surface area (Å²) in [6, 6.07) is 0.250. The summed E-state index contributed by atoms with van der Waals surface area (Å²) in [5.74, 6) is 0.122. The average molecular weight is 282 g/mol. The topological polar surface area (TPSA) is 81.3 Å². The summed E-state index contributed by atoms with van der Waals surface area (Å²) < 4.78 is 5.78. The molecule has 3 rings (SSSR count). The number of nitrogen functional groups attached to an aromatic ring is 1. The molecule has 7 heteroatoms. The van der Waals surface area contributed by atoms with E-state index in [1.54, 1.807) is 0 Å². The van der Waals surface area contributed by atoms with Gasteiger partial charge in [-0.05, 0) is 12.8 Å². The number of aromatic nitrogens is 2. The summed E-state index contributed by atoms with van der Waals surface area (Å²) in [5, 5.41) is 8.78. The van der Waals surface area contributed by atoms with E-state index < -0.39 is 0 Å². The highest BCUT2D eigenvalue weighted by atomic mass is 32.1. The van der Waals surface area contributed by atoms with Crippen LogP contribution in [0.2, 0.25) is 0 Å². The molecule has 1 aromatic heterocycles. The van der Waals surface area contributed by atoms with Crippen LogP contribution in [0.3, 0.4) is 0 Å². The maximum Gasteiger partial charge on any atom is 0.229 e. The SMILES string of the molecule is Nc1nnc(CC(=O)N2CCO[C@@H]3CCCC[C@H]32)s1. The van der Waals surface area contributed by atoms with E-state index in [1.807, 2.05) is 4.90 Å². The van der Waals surface area contributed by atoms with Crippen LogP contribution in [-0.4, -0.2) is 46.3 Å². The van der Waals surface area contributed by atoms with Crippen molar-refractivity contribution >= 4 is 22.4 Å². The summed E-state index contributed by atoms with van der Waals surface area (Å²) in [6.07, 6.45) is 5.04. The van der Waals surface area contributed by atoms with Crippen molar-refractivity contribution in [3.05, 3.63) is 5.01 Å². The molecule has 1 saturated carbocycles. The van der Waals surface area contributed by atoms with Crippen molar-refractivity contribution in [3.8, 4) is 0 Å². The largest absolute Gasteiger partial charge is 0.374 e. The molecular weight excluding hydrogens is 264 g/mol. The van der Waals surface area contributed by atoms with Gasteiger partial charge in [0, 0.05) is 6.54 Å². The predicted octanol–water partition coefficient (Wildman–Crippen LogP) is 0.833. The van der Waals surface area contributed by atoms with Crippen molar-refractivity contribution in [3.63, 3.8) is 0 Å². The highest BCUT2D eigenvalue weighted by Gasteiger charge is 2.36. The maximum absolute atomic E-state index is 12.4. The normalized spacial score (nSPS) is 27.1. The summed E-state index contributed by atoms with van der Waals surface area (Å²) in [7, 11) is 0. The van der Waals surface area contributed by atoms with Crippen molar-refractivity contribution in [1.29, 1.82) is 0 Å². The lowest BCUT2D eigenvalue weighted by molar-refractivity contribution is -0.148. The molecular formula is C12H18N4O2S. The molecule has 2 atom stereocenters. The number of amides is 1. The number of ether oxygens (including phenoxy) is 1. The number of nitrogens with zero attached hydrogens (tertiary/aromatic N) is 3. The first-order valence-electron chi connectivity index (χ1n) is 6.73. The van der Waals surface area contributed by atoms with Gasteiger partial charge in [-0.1, -0.05) is 24.2 Å². The van der Waals surface area contributed by atoms with Crippen LogP contribution >= 0.6 is 11.3 Å². The first-order valence-corrected chi connectivity index (χ1v) is 7.54. The van der Waals surface area contributed by atoms with Crippen LogP contribution < -0.4 is 5.73 Å². The highest BCUT2D eigenvalue weighted by Crippen LogP contribution is 2.29. The Balaban J connectivity index is 1.67. The van der Waals surface area contributed by atoms with E-state index in [2.05, 4.69) is 10.2 Å². The molecule has 2 aliphatic rings. The Bertz CT molecular complexity index is 462. The molecule has 2 fully saturated rings. The van der Waals surface area contributed by atoms with Gasteiger partial charge in [0.2, 0.25) is 11.0 Å². The van der Waals surface area contributed by atoms with E-state index in [1.165, 1.54) is 24.2 Å². The molecule has 1 aliphatic carbocycles. The van der Waals surface area contributed by atoms with E-state index >= 15 is 0 Å². The van der Waals surface area contributed by atoms with Gasteiger partial charge in [-0.15, -0.1) is 10.2 Å². The molecule has 2 N–H and O–H groups in total. The molecule has 1 aliphatic heterocycles. The fraction of sp³-hybridized carbons (Fsp3) is 0.750. The second kappa shape index (κ2) is 5.42. The molecule has 0 bridgehead atoms. The maximum atomic E-state index is 12.4. The van der Waals surface area contributed by atoms with Gasteiger partial charge >= 0.3 is 0 Å². The van der Waals surface area contributed by atoms with Crippen molar-refractivity contribution in [2.45, 2.75) is 44.2 Å². The highest BCUT2D eigenvalue weighted by molar-refractivity contribution is 7.15. The molecule has 0 spiro atoms. The zero-order valence-electron chi connectivity index (χ0n) is 10.7. The molecule has 104 valence electrons. The molecule has 0 radical (unpaired) electrons. The monoisotopic (exact) mass is 282 g/mol. The Kier molecular flexibility index (Phi) is 3.65. The zero-order chi connectivity index (χ0) is 13.2. The number of hydrogen-bond acceptors (Lipinski definition) is 6. The number of rotatable bonds is 2.